The van der Waals surface area contributed by atoms with Crippen molar-refractivity contribution in [3.8, 4) is 0 Å². The van der Waals surface area contributed by atoms with Gasteiger partial charge in [0.05, 0.1) is 5.41 Å². The molecular weight excluding hydrogens is 153 g/mol. The number of alkyl halides is 4. The summed E-state index contributed by atoms with van der Waals surface area (Å²) in [6.45, 7) is 0. The zero-order chi connectivity index (χ0) is 7.12. The Balaban J connectivity index is 2.60. The molecule has 1 saturated carbocycles. The number of hydrogen-bond acceptors (Lipinski definition) is 0. The highest BCUT2D eigenvalue weighted by atomic mass is 35.5. The van der Waals surface area contributed by atoms with Crippen LogP contribution in [0.25, 0.3) is 0 Å². The van der Waals surface area contributed by atoms with E-state index in [1.165, 1.54) is 0 Å². The third-order valence-electron chi connectivity index (χ3n) is 1.71. The maximum atomic E-state index is 11.8. The van der Waals surface area contributed by atoms with Gasteiger partial charge in [-0.25, -0.2) is 0 Å². The van der Waals surface area contributed by atoms with Gasteiger partial charge in [-0.05, 0) is 12.8 Å². The van der Waals surface area contributed by atoms with Crippen LogP contribution in [0.4, 0.5) is 13.2 Å². The van der Waals surface area contributed by atoms with Crippen molar-refractivity contribution in [2.24, 2.45) is 5.41 Å². The molecular formula is C5H6ClF3. The quantitative estimate of drug-likeness (QED) is 0.515. The van der Waals surface area contributed by atoms with E-state index in [9.17, 15) is 13.2 Å². The molecule has 0 heterocycles. The van der Waals surface area contributed by atoms with Crippen molar-refractivity contribution < 1.29 is 13.2 Å². The Morgan fingerprint density at radius 3 is 1.78 bits per heavy atom. The number of halogens is 4. The summed E-state index contributed by atoms with van der Waals surface area (Å²) >= 11 is 5.12. The second-order valence-electron chi connectivity index (χ2n) is 2.41. The Labute approximate surface area is 56.0 Å². The molecule has 0 unspecified atom stereocenters. The lowest BCUT2D eigenvalue weighted by Gasteiger charge is -2.14. The molecule has 1 aliphatic carbocycles. The molecule has 0 N–H and O–H groups in total. The van der Waals surface area contributed by atoms with E-state index in [1.54, 1.807) is 0 Å². The van der Waals surface area contributed by atoms with E-state index in [4.69, 9.17) is 11.6 Å². The smallest absolute Gasteiger partial charge is 0.170 e. The van der Waals surface area contributed by atoms with Crippen LogP contribution in [0.3, 0.4) is 0 Å². The minimum Gasteiger partial charge on any atom is -0.170 e. The van der Waals surface area contributed by atoms with Crippen LogP contribution in [-0.2, 0) is 0 Å². The molecule has 0 nitrogen and oxygen atoms in total. The van der Waals surface area contributed by atoms with Gasteiger partial charge in [0.25, 0.3) is 0 Å². The average Bonchev–Trinajstić information content (AvgIpc) is 2.40. The molecule has 0 atom stereocenters. The largest absolute Gasteiger partial charge is 0.395 e. The average molecular weight is 159 g/mol. The van der Waals surface area contributed by atoms with Crippen molar-refractivity contribution in [1.29, 1.82) is 0 Å². The van der Waals surface area contributed by atoms with Crippen molar-refractivity contribution in [3.05, 3.63) is 0 Å². The molecule has 54 valence electrons. The van der Waals surface area contributed by atoms with Crippen LogP contribution < -0.4 is 0 Å². The summed E-state index contributed by atoms with van der Waals surface area (Å²) in [5, 5.41) is 0. The highest BCUT2D eigenvalue weighted by Gasteiger charge is 2.62. The first-order chi connectivity index (χ1) is 4.02. The second-order valence-corrected chi connectivity index (χ2v) is 2.68. The summed E-state index contributed by atoms with van der Waals surface area (Å²) in [7, 11) is 0. The zero-order valence-electron chi connectivity index (χ0n) is 4.63. The van der Waals surface area contributed by atoms with E-state index >= 15 is 0 Å². The Bertz CT molecular complexity index is 114. The SMILES string of the molecule is FC(F)(F)C1(CCl)CC1. The topological polar surface area (TPSA) is 0 Å². The third-order valence-corrected chi connectivity index (χ3v) is 2.22. The van der Waals surface area contributed by atoms with Gasteiger partial charge in [-0.1, -0.05) is 0 Å². The Kier molecular flexibility index (Phi) is 1.42. The normalized spacial score (nSPS) is 24.0. The van der Waals surface area contributed by atoms with Gasteiger partial charge in [0.2, 0.25) is 0 Å². The van der Waals surface area contributed by atoms with Crippen molar-refractivity contribution in [2.75, 3.05) is 5.88 Å². The van der Waals surface area contributed by atoms with E-state index in [0.29, 0.717) is 0 Å². The first-order valence-corrected chi connectivity index (χ1v) is 3.18. The van der Waals surface area contributed by atoms with Crippen molar-refractivity contribution in [1.82, 2.24) is 0 Å². The molecule has 0 radical (unpaired) electrons. The van der Waals surface area contributed by atoms with Gasteiger partial charge in [-0.15, -0.1) is 11.6 Å². The second kappa shape index (κ2) is 1.78. The fourth-order valence-corrected chi connectivity index (χ4v) is 1.06. The molecule has 0 spiro atoms. The maximum absolute atomic E-state index is 11.8. The predicted octanol–water partition coefficient (Wildman–Crippen LogP) is 2.57. The monoisotopic (exact) mass is 158 g/mol. The van der Waals surface area contributed by atoms with Gasteiger partial charge >= 0.3 is 6.18 Å². The third kappa shape index (κ3) is 1.02. The fraction of sp³-hybridized carbons (Fsp3) is 1.00. The number of rotatable bonds is 1. The van der Waals surface area contributed by atoms with E-state index in [1.807, 2.05) is 0 Å². The van der Waals surface area contributed by atoms with Crippen LogP contribution in [0.5, 0.6) is 0 Å². The molecule has 0 aromatic rings. The maximum Gasteiger partial charge on any atom is 0.395 e. The van der Waals surface area contributed by atoms with Crippen LogP contribution in [0.2, 0.25) is 0 Å². The molecule has 0 aliphatic heterocycles. The van der Waals surface area contributed by atoms with Gasteiger partial charge in [0.1, 0.15) is 0 Å². The van der Waals surface area contributed by atoms with Gasteiger partial charge < -0.3 is 0 Å². The van der Waals surface area contributed by atoms with Crippen LogP contribution >= 0.6 is 11.6 Å². The van der Waals surface area contributed by atoms with Gasteiger partial charge in [-0.3, -0.25) is 0 Å². The first-order valence-electron chi connectivity index (χ1n) is 2.64. The lowest BCUT2D eigenvalue weighted by molar-refractivity contribution is -0.179. The summed E-state index contributed by atoms with van der Waals surface area (Å²) in [5.74, 6) is -0.281. The highest BCUT2D eigenvalue weighted by Crippen LogP contribution is 2.58. The zero-order valence-corrected chi connectivity index (χ0v) is 5.39. The van der Waals surface area contributed by atoms with E-state index in [0.717, 1.165) is 0 Å². The van der Waals surface area contributed by atoms with Crippen molar-refractivity contribution >= 4 is 11.6 Å². The predicted molar refractivity (Wildman–Crippen MR) is 28.4 cm³/mol. The minimum atomic E-state index is -4.07. The summed E-state index contributed by atoms with van der Waals surface area (Å²) < 4.78 is 35.4. The van der Waals surface area contributed by atoms with E-state index < -0.39 is 11.6 Å². The van der Waals surface area contributed by atoms with Crippen LogP contribution in [0, 0.1) is 5.41 Å². The summed E-state index contributed by atoms with van der Waals surface area (Å²) in [6, 6.07) is 0. The molecule has 1 rings (SSSR count). The lowest BCUT2D eigenvalue weighted by Crippen LogP contribution is -2.25. The van der Waals surface area contributed by atoms with Gasteiger partial charge in [0, 0.05) is 5.88 Å². The molecule has 0 aromatic heterocycles. The Morgan fingerprint density at radius 1 is 1.33 bits per heavy atom. The highest BCUT2D eigenvalue weighted by molar-refractivity contribution is 6.18. The molecule has 0 aromatic carbocycles. The first kappa shape index (κ1) is 7.19. The van der Waals surface area contributed by atoms with Gasteiger partial charge in [-0.2, -0.15) is 13.2 Å². The van der Waals surface area contributed by atoms with Gasteiger partial charge in [0.15, 0.2) is 0 Å². The lowest BCUT2D eigenvalue weighted by atomic mass is 10.1. The van der Waals surface area contributed by atoms with E-state index in [2.05, 4.69) is 0 Å². The fourth-order valence-electron chi connectivity index (χ4n) is 0.644. The standard InChI is InChI=1S/C5H6ClF3/c6-3-4(1-2-4)5(7,8)9/h1-3H2. The van der Waals surface area contributed by atoms with Crippen molar-refractivity contribution in [3.63, 3.8) is 0 Å². The summed E-state index contributed by atoms with van der Waals surface area (Å²) in [4.78, 5) is 0. The van der Waals surface area contributed by atoms with Crippen LogP contribution in [-0.4, -0.2) is 12.1 Å². The minimum absolute atomic E-state index is 0.208. The summed E-state index contributed by atoms with van der Waals surface area (Å²) in [6.07, 6.45) is -3.66. The van der Waals surface area contributed by atoms with Crippen LogP contribution in [0.1, 0.15) is 12.8 Å². The number of hydrogen-bond donors (Lipinski definition) is 0. The molecule has 0 amide bonds. The summed E-state index contributed by atoms with van der Waals surface area (Å²) in [5.41, 5.74) is -1.51. The van der Waals surface area contributed by atoms with Crippen LogP contribution in [0.15, 0.2) is 0 Å². The molecule has 1 aliphatic rings. The molecule has 0 bridgehead atoms. The van der Waals surface area contributed by atoms with Crippen molar-refractivity contribution in [2.45, 2.75) is 19.0 Å². The molecule has 1 fully saturated rings. The molecule has 0 saturated heterocycles. The molecule has 4 heteroatoms. The van der Waals surface area contributed by atoms with E-state index in [-0.39, 0.29) is 18.7 Å². The molecule has 9 heavy (non-hydrogen) atoms. The Morgan fingerprint density at radius 2 is 1.78 bits per heavy atom. The Hall–Kier alpha value is 0.0800.